The van der Waals surface area contributed by atoms with Crippen LogP contribution in [0.2, 0.25) is 0 Å². The Balaban J connectivity index is 1.46. The quantitative estimate of drug-likeness (QED) is 0.754. The van der Waals surface area contributed by atoms with Crippen molar-refractivity contribution in [2.24, 2.45) is 0 Å². The van der Waals surface area contributed by atoms with Gasteiger partial charge >= 0.3 is 0 Å². The maximum absolute atomic E-state index is 12.5. The highest BCUT2D eigenvalue weighted by Crippen LogP contribution is 2.21. The van der Waals surface area contributed by atoms with Crippen LogP contribution >= 0.6 is 0 Å². The molecule has 1 saturated heterocycles. The smallest absolute Gasteiger partial charge is 0.257 e. The van der Waals surface area contributed by atoms with Crippen LogP contribution in [0.25, 0.3) is 5.65 Å². The van der Waals surface area contributed by atoms with E-state index in [9.17, 15) is 4.79 Å². The maximum Gasteiger partial charge on any atom is 0.257 e. The van der Waals surface area contributed by atoms with Crippen LogP contribution in [0.15, 0.2) is 42.6 Å². The fraction of sp³-hybridized carbons (Fsp3) is 0.316. The Morgan fingerprint density at radius 2 is 2.12 bits per heavy atom. The van der Waals surface area contributed by atoms with Crippen LogP contribution in [0.4, 0.5) is 5.69 Å². The van der Waals surface area contributed by atoms with Crippen LogP contribution in [-0.4, -0.2) is 39.7 Å². The van der Waals surface area contributed by atoms with Gasteiger partial charge < -0.3 is 15.4 Å². The minimum atomic E-state index is -0.195. The Morgan fingerprint density at radius 3 is 2.96 bits per heavy atom. The van der Waals surface area contributed by atoms with E-state index < -0.39 is 0 Å². The standard InChI is InChI=1S/C19H21N5O2/c1-13-21-18-6-5-14(12-24(18)23-13)19(25)22-15-3-2-4-17(11-15)26-16-7-9-20-10-8-16/h2-6,11-12,16,20H,7-10H2,1H3,(H,22,25). The molecule has 0 spiro atoms. The Kier molecular flexibility index (Phi) is 4.53. The summed E-state index contributed by atoms with van der Waals surface area (Å²) in [5.41, 5.74) is 1.94. The number of pyridine rings is 1. The van der Waals surface area contributed by atoms with Crippen molar-refractivity contribution in [1.29, 1.82) is 0 Å². The summed E-state index contributed by atoms with van der Waals surface area (Å²) in [7, 11) is 0. The lowest BCUT2D eigenvalue weighted by Crippen LogP contribution is -2.34. The summed E-state index contributed by atoms with van der Waals surface area (Å²) >= 11 is 0. The molecule has 3 heterocycles. The molecule has 0 saturated carbocycles. The average Bonchev–Trinajstić information content (AvgIpc) is 3.02. The molecule has 7 nitrogen and oxygen atoms in total. The molecular formula is C19H21N5O2. The minimum absolute atomic E-state index is 0.195. The second-order valence-corrected chi connectivity index (χ2v) is 6.43. The van der Waals surface area contributed by atoms with Crippen molar-refractivity contribution in [3.05, 3.63) is 54.0 Å². The van der Waals surface area contributed by atoms with Gasteiger partial charge in [0.2, 0.25) is 0 Å². The van der Waals surface area contributed by atoms with Gasteiger partial charge in [0.25, 0.3) is 5.91 Å². The first-order valence-electron chi connectivity index (χ1n) is 8.79. The fourth-order valence-electron chi connectivity index (χ4n) is 3.08. The van der Waals surface area contributed by atoms with E-state index in [1.54, 1.807) is 22.8 Å². The van der Waals surface area contributed by atoms with E-state index >= 15 is 0 Å². The monoisotopic (exact) mass is 351 g/mol. The third-order valence-electron chi connectivity index (χ3n) is 4.38. The molecule has 134 valence electrons. The zero-order chi connectivity index (χ0) is 17.9. The number of hydrogen-bond donors (Lipinski definition) is 2. The second-order valence-electron chi connectivity index (χ2n) is 6.43. The average molecular weight is 351 g/mol. The van der Waals surface area contributed by atoms with Crippen LogP contribution in [0.1, 0.15) is 29.0 Å². The molecule has 0 radical (unpaired) electrons. The van der Waals surface area contributed by atoms with Gasteiger partial charge in [0, 0.05) is 18.0 Å². The van der Waals surface area contributed by atoms with Gasteiger partial charge in [-0.1, -0.05) is 6.07 Å². The number of aryl methyl sites for hydroxylation is 1. The molecule has 0 unspecified atom stereocenters. The lowest BCUT2D eigenvalue weighted by molar-refractivity contribution is 0.102. The molecule has 1 aliphatic rings. The van der Waals surface area contributed by atoms with Crippen molar-refractivity contribution in [3.63, 3.8) is 0 Å². The summed E-state index contributed by atoms with van der Waals surface area (Å²) in [5.74, 6) is 1.25. The normalized spacial score (nSPS) is 15.1. The predicted molar refractivity (Wildman–Crippen MR) is 98.6 cm³/mol. The molecule has 2 aromatic heterocycles. The molecule has 0 bridgehead atoms. The Morgan fingerprint density at radius 1 is 1.27 bits per heavy atom. The van der Waals surface area contributed by atoms with E-state index in [2.05, 4.69) is 20.7 Å². The SMILES string of the molecule is Cc1nc2ccc(C(=O)Nc3cccc(OC4CCNCC4)c3)cn2n1. The van der Waals surface area contributed by atoms with E-state index in [4.69, 9.17) is 4.74 Å². The van der Waals surface area contributed by atoms with Gasteiger partial charge in [-0.05, 0) is 57.1 Å². The van der Waals surface area contributed by atoms with Crippen LogP contribution in [-0.2, 0) is 0 Å². The Bertz CT molecular complexity index is 931. The number of nitrogens with one attached hydrogen (secondary N) is 2. The number of benzene rings is 1. The first-order valence-corrected chi connectivity index (χ1v) is 8.79. The molecule has 1 aromatic carbocycles. The van der Waals surface area contributed by atoms with Crippen LogP contribution in [0.5, 0.6) is 5.75 Å². The van der Waals surface area contributed by atoms with Crippen LogP contribution in [0, 0.1) is 6.92 Å². The number of aromatic nitrogens is 3. The van der Waals surface area contributed by atoms with Gasteiger partial charge in [0.05, 0.1) is 5.56 Å². The molecule has 26 heavy (non-hydrogen) atoms. The molecule has 4 rings (SSSR count). The zero-order valence-corrected chi connectivity index (χ0v) is 14.6. The van der Waals surface area contributed by atoms with E-state index in [1.165, 1.54) is 0 Å². The van der Waals surface area contributed by atoms with Crippen molar-refractivity contribution >= 4 is 17.2 Å². The van der Waals surface area contributed by atoms with Gasteiger partial charge in [-0.25, -0.2) is 9.50 Å². The number of piperidine rings is 1. The van der Waals surface area contributed by atoms with Gasteiger partial charge in [0.1, 0.15) is 17.7 Å². The van der Waals surface area contributed by atoms with Crippen molar-refractivity contribution in [1.82, 2.24) is 19.9 Å². The van der Waals surface area contributed by atoms with E-state index in [1.807, 2.05) is 31.2 Å². The molecule has 0 aliphatic carbocycles. The number of anilines is 1. The highest BCUT2D eigenvalue weighted by Gasteiger charge is 2.15. The highest BCUT2D eigenvalue weighted by atomic mass is 16.5. The van der Waals surface area contributed by atoms with Crippen molar-refractivity contribution in [3.8, 4) is 5.75 Å². The second kappa shape index (κ2) is 7.13. The first-order chi connectivity index (χ1) is 12.7. The van der Waals surface area contributed by atoms with Gasteiger partial charge in [-0.2, -0.15) is 5.10 Å². The maximum atomic E-state index is 12.5. The van der Waals surface area contributed by atoms with E-state index in [0.29, 0.717) is 17.1 Å². The topological polar surface area (TPSA) is 80.5 Å². The number of hydrogen-bond acceptors (Lipinski definition) is 5. The molecule has 3 aromatic rings. The third-order valence-corrected chi connectivity index (χ3v) is 4.38. The molecule has 0 atom stereocenters. The number of ether oxygens (including phenoxy) is 1. The third kappa shape index (κ3) is 3.67. The highest BCUT2D eigenvalue weighted by molar-refractivity contribution is 6.04. The summed E-state index contributed by atoms with van der Waals surface area (Å²) in [6.45, 7) is 3.78. The lowest BCUT2D eigenvalue weighted by atomic mass is 10.1. The minimum Gasteiger partial charge on any atom is -0.490 e. The number of fused-ring (bicyclic) bond motifs is 1. The van der Waals surface area contributed by atoms with E-state index in [0.717, 1.165) is 37.3 Å². The lowest BCUT2D eigenvalue weighted by Gasteiger charge is -2.24. The number of carbonyl (C=O) groups excluding carboxylic acids is 1. The van der Waals surface area contributed by atoms with Crippen LogP contribution < -0.4 is 15.4 Å². The first kappa shape index (κ1) is 16.5. The number of carbonyl (C=O) groups is 1. The predicted octanol–water partition coefficient (Wildman–Crippen LogP) is 2.42. The van der Waals surface area contributed by atoms with Gasteiger partial charge in [-0.3, -0.25) is 4.79 Å². The molecule has 2 N–H and O–H groups in total. The van der Waals surface area contributed by atoms with Gasteiger partial charge in [0.15, 0.2) is 5.65 Å². The summed E-state index contributed by atoms with van der Waals surface area (Å²) in [6, 6.07) is 11.0. The fourth-order valence-corrected chi connectivity index (χ4v) is 3.08. The summed E-state index contributed by atoms with van der Waals surface area (Å²) in [6.07, 6.45) is 3.89. The van der Waals surface area contributed by atoms with Crippen molar-refractivity contribution in [2.75, 3.05) is 18.4 Å². The Labute approximate surface area is 151 Å². The van der Waals surface area contributed by atoms with E-state index in [-0.39, 0.29) is 12.0 Å². The zero-order valence-electron chi connectivity index (χ0n) is 14.6. The summed E-state index contributed by atoms with van der Waals surface area (Å²) in [5, 5.41) is 10.5. The largest absolute Gasteiger partial charge is 0.490 e. The molecule has 1 amide bonds. The summed E-state index contributed by atoms with van der Waals surface area (Å²) in [4.78, 5) is 16.8. The molecule has 1 aliphatic heterocycles. The van der Waals surface area contributed by atoms with Crippen LogP contribution in [0.3, 0.4) is 0 Å². The number of rotatable bonds is 4. The number of amides is 1. The molecule has 1 fully saturated rings. The number of nitrogens with zero attached hydrogens (tertiary/aromatic N) is 3. The Hall–Kier alpha value is -2.93. The van der Waals surface area contributed by atoms with Crippen molar-refractivity contribution in [2.45, 2.75) is 25.9 Å². The molecule has 7 heteroatoms. The summed E-state index contributed by atoms with van der Waals surface area (Å²) < 4.78 is 7.64. The molecular weight excluding hydrogens is 330 g/mol. The van der Waals surface area contributed by atoms with Gasteiger partial charge in [-0.15, -0.1) is 0 Å². The van der Waals surface area contributed by atoms with Crippen molar-refractivity contribution < 1.29 is 9.53 Å².